The van der Waals surface area contributed by atoms with Gasteiger partial charge in [-0.25, -0.2) is 0 Å². The molecule has 1 atom stereocenters. The Kier molecular flexibility index (Phi) is 7.51. The lowest BCUT2D eigenvalue weighted by Crippen LogP contribution is -2.44. The van der Waals surface area contributed by atoms with E-state index in [0.717, 1.165) is 0 Å². The summed E-state index contributed by atoms with van der Waals surface area (Å²) in [7, 11) is 1.51. The van der Waals surface area contributed by atoms with Gasteiger partial charge in [-0.15, -0.1) is 0 Å². The molecule has 2 amide bonds. The Labute approximate surface area is 169 Å². The fraction of sp³-hybridized carbons (Fsp3) is 0.300. The SMILES string of the molecule is COc1ccc(Cl)cc1NC(=O)[C@@H](CC(C)C)NC(=O)c1ccc(Cl)cc1. The number of methoxy groups -OCH3 is 1. The van der Waals surface area contributed by atoms with Crippen molar-refractivity contribution in [2.75, 3.05) is 12.4 Å². The summed E-state index contributed by atoms with van der Waals surface area (Å²) in [5, 5.41) is 6.59. The predicted molar refractivity (Wildman–Crippen MR) is 109 cm³/mol. The van der Waals surface area contributed by atoms with E-state index in [2.05, 4.69) is 10.6 Å². The lowest BCUT2D eigenvalue weighted by atomic mass is 10.0. The molecule has 0 aromatic heterocycles. The van der Waals surface area contributed by atoms with Crippen LogP contribution in [0.25, 0.3) is 0 Å². The standard InChI is InChI=1S/C20H22Cl2N2O3/c1-12(2)10-17(24-19(25)13-4-6-14(21)7-5-13)20(26)23-16-11-15(22)8-9-18(16)27-3/h4-9,11-12,17H,10H2,1-3H3,(H,23,26)(H,24,25)/t17-/m1/s1. The number of hydrogen-bond acceptors (Lipinski definition) is 3. The minimum Gasteiger partial charge on any atom is -0.495 e. The third-order valence-electron chi connectivity index (χ3n) is 3.85. The Bertz CT molecular complexity index is 807. The summed E-state index contributed by atoms with van der Waals surface area (Å²) in [4.78, 5) is 25.3. The van der Waals surface area contributed by atoms with Gasteiger partial charge in [-0.3, -0.25) is 9.59 Å². The van der Waals surface area contributed by atoms with Crippen molar-refractivity contribution >= 4 is 40.7 Å². The van der Waals surface area contributed by atoms with Crippen LogP contribution >= 0.6 is 23.2 Å². The van der Waals surface area contributed by atoms with Crippen molar-refractivity contribution in [2.45, 2.75) is 26.3 Å². The van der Waals surface area contributed by atoms with Gasteiger partial charge < -0.3 is 15.4 Å². The number of carbonyl (C=O) groups is 2. The molecule has 0 spiro atoms. The van der Waals surface area contributed by atoms with Crippen molar-refractivity contribution in [1.29, 1.82) is 0 Å². The van der Waals surface area contributed by atoms with Crippen LogP contribution in [0.2, 0.25) is 10.0 Å². The van der Waals surface area contributed by atoms with Gasteiger partial charge >= 0.3 is 0 Å². The van der Waals surface area contributed by atoms with Crippen LogP contribution in [0.5, 0.6) is 5.75 Å². The van der Waals surface area contributed by atoms with E-state index >= 15 is 0 Å². The van der Waals surface area contributed by atoms with E-state index in [0.29, 0.717) is 33.5 Å². The van der Waals surface area contributed by atoms with Gasteiger partial charge in [0.1, 0.15) is 11.8 Å². The normalized spacial score (nSPS) is 11.8. The maximum absolute atomic E-state index is 12.8. The van der Waals surface area contributed by atoms with Crippen LogP contribution in [-0.2, 0) is 4.79 Å². The van der Waals surface area contributed by atoms with Gasteiger partial charge in [-0.05, 0) is 54.8 Å². The van der Waals surface area contributed by atoms with Crippen LogP contribution in [0.4, 0.5) is 5.69 Å². The molecule has 27 heavy (non-hydrogen) atoms. The monoisotopic (exact) mass is 408 g/mol. The smallest absolute Gasteiger partial charge is 0.251 e. The number of carbonyl (C=O) groups excluding carboxylic acids is 2. The Morgan fingerprint density at radius 3 is 2.26 bits per heavy atom. The van der Waals surface area contributed by atoms with Crippen LogP contribution in [0.1, 0.15) is 30.6 Å². The molecule has 2 aromatic carbocycles. The van der Waals surface area contributed by atoms with E-state index in [-0.39, 0.29) is 17.7 Å². The molecule has 0 saturated carbocycles. The lowest BCUT2D eigenvalue weighted by Gasteiger charge is -2.21. The Hall–Kier alpha value is -2.24. The maximum atomic E-state index is 12.8. The quantitative estimate of drug-likeness (QED) is 0.691. The molecule has 0 aliphatic rings. The zero-order chi connectivity index (χ0) is 20.0. The predicted octanol–water partition coefficient (Wildman–Crippen LogP) is 4.79. The summed E-state index contributed by atoms with van der Waals surface area (Å²) in [5.74, 6) is 0.00436. The van der Waals surface area contributed by atoms with Crippen LogP contribution < -0.4 is 15.4 Å². The molecule has 7 heteroatoms. The molecule has 5 nitrogen and oxygen atoms in total. The summed E-state index contributed by atoms with van der Waals surface area (Å²) in [6.45, 7) is 3.96. The third kappa shape index (κ3) is 6.15. The first kappa shape index (κ1) is 21.1. The topological polar surface area (TPSA) is 67.4 Å². The first-order valence-corrected chi connectivity index (χ1v) is 9.26. The molecule has 2 aromatic rings. The van der Waals surface area contributed by atoms with E-state index in [1.807, 2.05) is 13.8 Å². The van der Waals surface area contributed by atoms with Crippen molar-refractivity contribution in [1.82, 2.24) is 5.32 Å². The average molecular weight is 409 g/mol. The molecule has 0 unspecified atom stereocenters. The van der Waals surface area contributed by atoms with Crippen molar-refractivity contribution in [3.8, 4) is 5.75 Å². The zero-order valence-electron chi connectivity index (χ0n) is 15.4. The van der Waals surface area contributed by atoms with Crippen molar-refractivity contribution in [3.05, 3.63) is 58.1 Å². The second-order valence-electron chi connectivity index (χ2n) is 6.50. The molecule has 144 valence electrons. The number of ether oxygens (including phenoxy) is 1. The first-order valence-electron chi connectivity index (χ1n) is 8.51. The number of nitrogens with one attached hydrogen (secondary N) is 2. The highest BCUT2D eigenvalue weighted by Crippen LogP contribution is 2.28. The molecule has 0 fully saturated rings. The van der Waals surface area contributed by atoms with Crippen LogP contribution in [0.15, 0.2) is 42.5 Å². The number of anilines is 1. The molecule has 2 N–H and O–H groups in total. The summed E-state index contributed by atoms with van der Waals surface area (Å²) in [6.07, 6.45) is 0.480. The minimum absolute atomic E-state index is 0.201. The fourth-order valence-electron chi connectivity index (χ4n) is 2.54. The third-order valence-corrected chi connectivity index (χ3v) is 4.34. The molecule has 0 aliphatic heterocycles. The van der Waals surface area contributed by atoms with Gasteiger partial charge in [0.05, 0.1) is 12.8 Å². The van der Waals surface area contributed by atoms with Crippen molar-refractivity contribution < 1.29 is 14.3 Å². The number of benzene rings is 2. The van der Waals surface area contributed by atoms with Gasteiger partial charge in [-0.1, -0.05) is 37.0 Å². The van der Waals surface area contributed by atoms with E-state index in [9.17, 15) is 9.59 Å². The second kappa shape index (κ2) is 9.62. The Morgan fingerprint density at radius 1 is 1.04 bits per heavy atom. The Morgan fingerprint density at radius 2 is 1.67 bits per heavy atom. The highest BCUT2D eigenvalue weighted by molar-refractivity contribution is 6.31. The van der Waals surface area contributed by atoms with Gasteiger partial charge in [0, 0.05) is 15.6 Å². The second-order valence-corrected chi connectivity index (χ2v) is 7.37. The van der Waals surface area contributed by atoms with Crippen molar-refractivity contribution in [3.63, 3.8) is 0 Å². The molecule has 0 bridgehead atoms. The van der Waals surface area contributed by atoms with Gasteiger partial charge in [-0.2, -0.15) is 0 Å². The van der Waals surface area contributed by atoms with Crippen LogP contribution in [0, 0.1) is 5.92 Å². The highest BCUT2D eigenvalue weighted by Gasteiger charge is 2.23. The van der Waals surface area contributed by atoms with Crippen LogP contribution in [-0.4, -0.2) is 25.0 Å². The molecule has 0 aliphatic carbocycles. The summed E-state index contributed by atoms with van der Waals surface area (Å²) < 4.78 is 5.25. The number of halogens is 2. The fourth-order valence-corrected chi connectivity index (χ4v) is 2.84. The van der Waals surface area contributed by atoms with E-state index in [4.69, 9.17) is 27.9 Å². The lowest BCUT2D eigenvalue weighted by molar-refractivity contribution is -0.118. The van der Waals surface area contributed by atoms with Gasteiger partial charge in [0.2, 0.25) is 5.91 Å². The molecule has 2 rings (SSSR count). The molecule has 0 saturated heterocycles. The first-order chi connectivity index (χ1) is 12.8. The molecule has 0 radical (unpaired) electrons. The Balaban J connectivity index is 2.17. The average Bonchev–Trinajstić information content (AvgIpc) is 2.61. The summed E-state index contributed by atoms with van der Waals surface area (Å²) in [5.41, 5.74) is 0.880. The van der Waals surface area contributed by atoms with Crippen molar-refractivity contribution in [2.24, 2.45) is 5.92 Å². The molecule has 0 heterocycles. The van der Waals surface area contributed by atoms with Gasteiger partial charge in [0.25, 0.3) is 5.91 Å². The van der Waals surface area contributed by atoms with E-state index < -0.39 is 6.04 Å². The highest BCUT2D eigenvalue weighted by atomic mass is 35.5. The molecular formula is C20H22Cl2N2O3. The van der Waals surface area contributed by atoms with E-state index in [1.165, 1.54) is 7.11 Å². The largest absolute Gasteiger partial charge is 0.495 e. The van der Waals surface area contributed by atoms with Crippen LogP contribution in [0.3, 0.4) is 0 Å². The number of amides is 2. The summed E-state index contributed by atoms with van der Waals surface area (Å²) in [6, 6.07) is 10.7. The number of rotatable bonds is 7. The van der Waals surface area contributed by atoms with Gasteiger partial charge in [0.15, 0.2) is 0 Å². The minimum atomic E-state index is -0.711. The maximum Gasteiger partial charge on any atom is 0.251 e. The zero-order valence-corrected chi connectivity index (χ0v) is 16.9. The number of hydrogen-bond donors (Lipinski definition) is 2. The molecular weight excluding hydrogens is 387 g/mol. The summed E-state index contributed by atoms with van der Waals surface area (Å²) >= 11 is 11.9. The van der Waals surface area contributed by atoms with E-state index in [1.54, 1.807) is 42.5 Å².